The van der Waals surface area contributed by atoms with Crippen LogP contribution in [0.15, 0.2) is 0 Å². The SMILES string of the molecule is CC(C)CN1CCC(CN)(N(C)CC2CC2)CC1. The summed E-state index contributed by atoms with van der Waals surface area (Å²) in [5.74, 6) is 1.74. The molecule has 0 aromatic carbocycles. The molecular formula is C15H31N3. The predicted octanol–water partition coefficient (Wildman–Crippen LogP) is 1.78. The fourth-order valence-electron chi connectivity index (χ4n) is 3.29. The molecule has 0 spiro atoms. The van der Waals surface area contributed by atoms with Crippen molar-refractivity contribution in [1.82, 2.24) is 9.80 Å². The maximum Gasteiger partial charge on any atom is 0.0353 e. The first-order valence-electron chi connectivity index (χ1n) is 7.69. The van der Waals surface area contributed by atoms with E-state index in [1.165, 1.54) is 51.9 Å². The fourth-order valence-corrected chi connectivity index (χ4v) is 3.29. The molecule has 18 heavy (non-hydrogen) atoms. The maximum absolute atomic E-state index is 6.12. The highest BCUT2D eigenvalue weighted by Crippen LogP contribution is 2.34. The first-order valence-corrected chi connectivity index (χ1v) is 7.69. The lowest BCUT2D eigenvalue weighted by Crippen LogP contribution is -2.58. The molecule has 1 heterocycles. The zero-order chi connectivity index (χ0) is 13.2. The highest BCUT2D eigenvalue weighted by atomic mass is 15.2. The lowest BCUT2D eigenvalue weighted by molar-refractivity contribution is 0.0386. The average molecular weight is 253 g/mol. The van der Waals surface area contributed by atoms with Crippen LogP contribution in [0.25, 0.3) is 0 Å². The van der Waals surface area contributed by atoms with Crippen molar-refractivity contribution in [1.29, 1.82) is 0 Å². The standard InChI is InChI=1S/C15H31N3/c1-13(2)10-18-8-6-15(12-16,7-9-18)17(3)11-14-4-5-14/h13-14H,4-12,16H2,1-3H3. The van der Waals surface area contributed by atoms with Gasteiger partial charge in [-0.05, 0) is 57.7 Å². The molecule has 0 aromatic heterocycles. The number of nitrogens with zero attached hydrogens (tertiary/aromatic N) is 2. The van der Waals surface area contributed by atoms with Gasteiger partial charge in [-0.25, -0.2) is 0 Å². The molecule has 1 saturated carbocycles. The van der Waals surface area contributed by atoms with Gasteiger partial charge < -0.3 is 10.6 Å². The summed E-state index contributed by atoms with van der Waals surface area (Å²) in [4.78, 5) is 5.20. The monoisotopic (exact) mass is 253 g/mol. The molecule has 1 aliphatic heterocycles. The van der Waals surface area contributed by atoms with Crippen molar-refractivity contribution < 1.29 is 0 Å². The molecular weight excluding hydrogens is 222 g/mol. The molecule has 0 amide bonds. The number of hydrogen-bond acceptors (Lipinski definition) is 3. The Morgan fingerprint density at radius 2 is 1.89 bits per heavy atom. The second-order valence-corrected chi connectivity index (χ2v) is 6.95. The smallest absolute Gasteiger partial charge is 0.0353 e. The molecule has 3 nitrogen and oxygen atoms in total. The lowest BCUT2D eigenvalue weighted by Gasteiger charge is -2.47. The Balaban J connectivity index is 1.85. The van der Waals surface area contributed by atoms with Crippen LogP contribution in [0.5, 0.6) is 0 Å². The van der Waals surface area contributed by atoms with Gasteiger partial charge in [0, 0.05) is 25.2 Å². The average Bonchev–Trinajstić information content (AvgIpc) is 3.13. The minimum atomic E-state index is 0.288. The van der Waals surface area contributed by atoms with Crippen LogP contribution in [0, 0.1) is 11.8 Å². The first kappa shape index (κ1) is 14.3. The summed E-state index contributed by atoms with van der Waals surface area (Å²) in [6.45, 7) is 10.4. The minimum absolute atomic E-state index is 0.288. The summed E-state index contributed by atoms with van der Waals surface area (Å²) in [6.07, 6.45) is 5.37. The van der Waals surface area contributed by atoms with Gasteiger partial charge in [-0.3, -0.25) is 4.90 Å². The summed E-state index contributed by atoms with van der Waals surface area (Å²) in [7, 11) is 2.29. The van der Waals surface area contributed by atoms with Gasteiger partial charge in [-0.15, -0.1) is 0 Å². The van der Waals surface area contributed by atoms with Crippen molar-refractivity contribution in [2.24, 2.45) is 17.6 Å². The van der Waals surface area contributed by atoms with Crippen LogP contribution in [0.4, 0.5) is 0 Å². The third-order valence-corrected chi connectivity index (χ3v) is 4.83. The third kappa shape index (κ3) is 3.46. The zero-order valence-corrected chi connectivity index (χ0v) is 12.5. The Bertz CT molecular complexity index is 252. The molecule has 0 unspecified atom stereocenters. The molecule has 0 radical (unpaired) electrons. The summed E-state index contributed by atoms with van der Waals surface area (Å²) in [5, 5.41) is 0. The summed E-state index contributed by atoms with van der Waals surface area (Å²) in [6, 6.07) is 0. The molecule has 3 heteroatoms. The van der Waals surface area contributed by atoms with Crippen LogP contribution in [-0.4, -0.2) is 55.1 Å². The number of hydrogen-bond donors (Lipinski definition) is 1. The first-order chi connectivity index (χ1) is 8.55. The second kappa shape index (κ2) is 5.89. The zero-order valence-electron chi connectivity index (χ0n) is 12.5. The molecule has 2 fully saturated rings. The van der Waals surface area contributed by atoms with E-state index in [2.05, 4.69) is 30.7 Å². The minimum Gasteiger partial charge on any atom is -0.329 e. The Kier molecular flexibility index (Phi) is 4.68. The number of likely N-dealkylation sites (tertiary alicyclic amines) is 1. The van der Waals surface area contributed by atoms with Crippen molar-refractivity contribution in [3.63, 3.8) is 0 Å². The van der Waals surface area contributed by atoms with Crippen molar-refractivity contribution >= 4 is 0 Å². The molecule has 1 saturated heterocycles. The molecule has 0 aromatic rings. The van der Waals surface area contributed by atoms with Gasteiger partial charge in [-0.1, -0.05) is 13.8 Å². The van der Waals surface area contributed by atoms with Crippen LogP contribution in [-0.2, 0) is 0 Å². The van der Waals surface area contributed by atoms with Crippen molar-refractivity contribution in [3.8, 4) is 0 Å². The van der Waals surface area contributed by atoms with Crippen LogP contribution in [0.3, 0.4) is 0 Å². The topological polar surface area (TPSA) is 32.5 Å². The molecule has 0 atom stereocenters. The number of rotatable bonds is 6. The van der Waals surface area contributed by atoms with Crippen molar-refractivity contribution in [2.45, 2.75) is 45.1 Å². The van der Waals surface area contributed by atoms with Crippen LogP contribution >= 0.6 is 0 Å². The maximum atomic E-state index is 6.12. The largest absolute Gasteiger partial charge is 0.329 e. The summed E-state index contributed by atoms with van der Waals surface area (Å²) < 4.78 is 0. The molecule has 2 N–H and O–H groups in total. The van der Waals surface area contributed by atoms with Crippen LogP contribution in [0.1, 0.15) is 39.5 Å². The third-order valence-electron chi connectivity index (χ3n) is 4.83. The van der Waals surface area contributed by atoms with Gasteiger partial charge in [0.05, 0.1) is 0 Å². The van der Waals surface area contributed by atoms with Gasteiger partial charge in [0.1, 0.15) is 0 Å². The molecule has 0 bridgehead atoms. The Morgan fingerprint density at radius 3 is 2.33 bits per heavy atom. The van der Waals surface area contributed by atoms with Gasteiger partial charge in [0.15, 0.2) is 0 Å². The normalized spacial score (nSPS) is 25.0. The molecule has 2 rings (SSSR count). The van der Waals surface area contributed by atoms with Gasteiger partial charge in [0.25, 0.3) is 0 Å². The number of nitrogens with two attached hydrogens (primary N) is 1. The summed E-state index contributed by atoms with van der Waals surface area (Å²) >= 11 is 0. The van der Waals surface area contributed by atoms with E-state index in [4.69, 9.17) is 5.73 Å². The van der Waals surface area contributed by atoms with E-state index in [-0.39, 0.29) is 5.54 Å². The van der Waals surface area contributed by atoms with E-state index in [0.29, 0.717) is 0 Å². The Hall–Kier alpha value is -0.120. The van der Waals surface area contributed by atoms with Crippen molar-refractivity contribution in [2.75, 3.05) is 39.8 Å². The van der Waals surface area contributed by atoms with E-state index < -0.39 is 0 Å². The van der Waals surface area contributed by atoms with E-state index >= 15 is 0 Å². The van der Waals surface area contributed by atoms with E-state index in [0.717, 1.165) is 18.4 Å². The van der Waals surface area contributed by atoms with Gasteiger partial charge >= 0.3 is 0 Å². The van der Waals surface area contributed by atoms with E-state index in [1.54, 1.807) is 0 Å². The van der Waals surface area contributed by atoms with Gasteiger partial charge in [0.2, 0.25) is 0 Å². The molecule has 1 aliphatic carbocycles. The Morgan fingerprint density at radius 1 is 1.28 bits per heavy atom. The number of likely N-dealkylation sites (N-methyl/N-ethyl adjacent to an activating group) is 1. The van der Waals surface area contributed by atoms with Crippen molar-refractivity contribution in [3.05, 3.63) is 0 Å². The molecule has 106 valence electrons. The Labute approximate surface area is 113 Å². The van der Waals surface area contributed by atoms with Crippen LogP contribution in [0.2, 0.25) is 0 Å². The molecule has 2 aliphatic rings. The van der Waals surface area contributed by atoms with Crippen LogP contribution < -0.4 is 5.73 Å². The van der Waals surface area contributed by atoms with E-state index in [9.17, 15) is 0 Å². The lowest BCUT2D eigenvalue weighted by atomic mass is 9.85. The van der Waals surface area contributed by atoms with E-state index in [1.807, 2.05) is 0 Å². The summed E-state index contributed by atoms with van der Waals surface area (Å²) in [5.41, 5.74) is 6.41. The predicted molar refractivity (Wildman–Crippen MR) is 77.7 cm³/mol. The quantitative estimate of drug-likeness (QED) is 0.783. The number of piperidine rings is 1. The van der Waals surface area contributed by atoms with Gasteiger partial charge in [-0.2, -0.15) is 0 Å². The highest BCUT2D eigenvalue weighted by molar-refractivity contribution is 4.96. The fraction of sp³-hybridized carbons (Fsp3) is 1.00. The second-order valence-electron chi connectivity index (χ2n) is 6.95. The highest BCUT2D eigenvalue weighted by Gasteiger charge is 2.38.